The highest BCUT2D eigenvalue weighted by Gasteiger charge is 2.52. The SMILES string of the molecule is Cc1nc(N2C[C@@H]3[C@H](C)[C@@H]3C2)ccc1Cn1cc(C(=O)NCc2cc(Cl)ccc2-n2cnnn2)cn1. The fraction of sp³-hybridized carbons (Fsp3) is 0.360. The Morgan fingerprint density at radius 3 is 2.75 bits per heavy atom. The van der Waals surface area contributed by atoms with E-state index < -0.39 is 0 Å². The third-order valence-electron chi connectivity index (χ3n) is 7.43. The highest BCUT2D eigenvalue weighted by molar-refractivity contribution is 6.30. The second kappa shape index (κ2) is 9.02. The number of tetrazole rings is 1. The number of piperidine rings is 1. The van der Waals surface area contributed by atoms with Crippen LogP contribution in [0.5, 0.6) is 0 Å². The lowest BCUT2D eigenvalue weighted by Gasteiger charge is -2.21. The lowest BCUT2D eigenvalue weighted by molar-refractivity contribution is 0.0951. The van der Waals surface area contributed by atoms with Crippen molar-refractivity contribution in [2.45, 2.75) is 26.9 Å². The topological polar surface area (TPSA) is 107 Å². The number of anilines is 1. The number of nitrogens with zero attached hydrogens (tertiary/aromatic N) is 8. The lowest BCUT2D eigenvalue weighted by Crippen LogP contribution is -2.24. The molecule has 2 aliphatic rings. The van der Waals surface area contributed by atoms with Crippen LogP contribution in [0.1, 0.15) is 34.1 Å². The van der Waals surface area contributed by atoms with E-state index in [-0.39, 0.29) is 12.5 Å². The van der Waals surface area contributed by atoms with Gasteiger partial charge in [-0.15, -0.1) is 5.10 Å². The maximum absolute atomic E-state index is 12.8. The van der Waals surface area contributed by atoms with Crippen LogP contribution >= 0.6 is 11.6 Å². The molecule has 11 heteroatoms. The second-order valence-electron chi connectivity index (χ2n) is 9.64. The van der Waals surface area contributed by atoms with E-state index in [0.29, 0.717) is 17.1 Å². The zero-order chi connectivity index (χ0) is 24.8. The number of hydrogen-bond acceptors (Lipinski definition) is 7. The molecule has 1 N–H and O–H groups in total. The van der Waals surface area contributed by atoms with Crippen LogP contribution in [0.25, 0.3) is 5.69 Å². The average molecular weight is 504 g/mol. The predicted octanol–water partition coefficient (Wildman–Crippen LogP) is 2.90. The van der Waals surface area contributed by atoms with Gasteiger partial charge in [-0.1, -0.05) is 24.6 Å². The van der Waals surface area contributed by atoms with Gasteiger partial charge in [-0.25, -0.2) is 9.67 Å². The molecule has 1 saturated heterocycles. The summed E-state index contributed by atoms with van der Waals surface area (Å²) >= 11 is 6.17. The highest BCUT2D eigenvalue weighted by Crippen LogP contribution is 2.51. The molecule has 0 radical (unpaired) electrons. The Morgan fingerprint density at radius 2 is 2.00 bits per heavy atom. The van der Waals surface area contributed by atoms with Crippen molar-refractivity contribution in [2.24, 2.45) is 17.8 Å². The normalized spacial score (nSPS) is 20.4. The minimum atomic E-state index is -0.226. The van der Waals surface area contributed by atoms with Crippen molar-refractivity contribution in [3.63, 3.8) is 0 Å². The second-order valence-corrected chi connectivity index (χ2v) is 10.1. The Bertz CT molecular complexity index is 1400. The van der Waals surface area contributed by atoms with Gasteiger partial charge >= 0.3 is 0 Å². The summed E-state index contributed by atoms with van der Waals surface area (Å²) in [6, 6.07) is 9.57. The number of benzene rings is 1. The zero-order valence-electron chi connectivity index (χ0n) is 20.0. The van der Waals surface area contributed by atoms with Gasteiger partial charge in [0.15, 0.2) is 0 Å². The van der Waals surface area contributed by atoms with Crippen LogP contribution in [-0.4, -0.2) is 54.0 Å². The van der Waals surface area contributed by atoms with Crippen LogP contribution < -0.4 is 10.2 Å². The number of aryl methyl sites for hydroxylation is 1. The number of nitrogens with one attached hydrogen (secondary N) is 1. The monoisotopic (exact) mass is 503 g/mol. The highest BCUT2D eigenvalue weighted by atomic mass is 35.5. The maximum Gasteiger partial charge on any atom is 0.254 e. The molecule has 1 saturated carbocycles. The Kier molecular flexibility index (Phi) is 5.67. The van der Waals surface area contributed by atoms with E-state index in [1.165, 1.54) is 11.0 Å². The molecule has 0 unspecified atom stereocenters. The van der Waals surface area contributed by atoms with Crippen molar-refractivity contribution in [1.29, 1.82) is 0 Å². The van der Waals surface area contributed by atoms with Gasteiger partial charge < -0.3 is 10.2 Å². The summed E-state index contributed by atoms with van der Waals surface area (Å²) in [5.41, 5.74) is 4.08. The number of amides is 1. The molecule has 1 aliphatic carbocycles. The standard InChI is InChI=1S/C25H26ClN9O/c1-15-21-12-33(13-22(15)21)24-6-3-17(16(2)30-24)10-34-11-19(9-29-34)25(36)27-8-18-7-20(26)4-5-23(18)35-14-28-31-32-35/h3-7,9,11,14-15,21-22H,8,10,12-13H2,1-2H3,(H,27,36)/t15-,21+,22-. The summed E-state index contributed by atoms with van der Waals surface area (Å²) in [6.07, 6.45) is 4.82. The number of halogens is 1. The van der Waals surface area contributed by atoms with Gasteiger partial charge in [0.25, 0.3) is 5.91 Å². The summed E-state index contributed by atoms with van der Waals surface area (Å²) in [4.78, 5) is 20.1. The number of pyridine rings is 1. The Morgan fingerprint density at radius 1 is 1.17 bits per heavy atom. The summed E-state index contributed by atoms with van der Waals surface area (Å²) < 4.78 is 3.29. The van der Waals surface area contributed by atoms with E-state index in [2.05, 4.69) is 49.9 Å². The Hall–Kier alpha value is -3.79. The third kappa shape index (κ3) is 4.32. The van der Waals surface area contributed by atoms with E-state index in [1.54, 1.807) is 29.2 Å². The summed E-state index contributed by atoms with van der Waals surface area (Å²) in [7, 11) is 0. The van der Waals surface area contributed by atoms with Gasteiger partial charge in [-0.3, -0.25) is 9.48 Å². The van der Waals surface area contributed by atoms with Crippen molar-refractivity contribution in [3.8, 4) is 5.69 Å². The first-order valence-electron chi connectivity index (χ1n) is 12.0. The van der Waals surface area contributed by atoms with Gasteiger partial charge in [0.1, 0.15) is 12.1 Å². The van der Waals surface area contributed by atoms with E-state index in [1.807, 2.05) is 13.0 Å². The average Bonchev–Trinajstić information content (AvgIpc) is 3.44. The molecule has 3 atom stereocenters. The van der Waals surface area contributed by atoms with Crippen molar-refractivity contribution in [2.75, 3.05) is 18.0 Å². The molecule has 0 bridgehead atoms. The molecule has 6 rings (SSSR count). The number of fused-ring (bicyclic) bond motifs is 1. The Labute approximate surface area is 213 Å². The molecule has 36 heavy (non-hydrogen) atoms. The summed E-state index contributed by atoms with van der Waals surface area (Å²) in [6.45, 7) is 7.41. The largest absolute Gasteiger partial charge is 0.356 e. The fourth-order valence-electron chi connectivity index (χ4n) is 5.14. The Balaban J connectivity index is 1.09. The molecule has 1 aromatic carbocycles. The molecule has 1 amide bonds. The van der Waals surface area contributed by atoms with Crippen LogP contribution in [0.3, 0.4) is 0 Å². The number of carbonyl (C=O) groups is 1. The van der Waals surface area contributed by atoms with Crippen LogP contribution in [0, 0.1) is 24.7 Å². The number of rotatable bonds is 7. The van der Waals surface area contributed by atoms with Gasteiger partial charge in [-0.05, 0) is 70.5 Å². The van der Waals surface area contributed by atoms with Crippen molar-refractivity contribution >= 4 is 23.3 Å². The van der Waals surface area contributed by atoms with Crippen molar-refractivity contribution in [3.05, 3.63) is 76.5 Å². The molecule has 2 fully saturated rings. The zero-order valence-corrected chi connectivity index (χ0v) is 20.8. The molecule has 0 spiro atoms. The summed E-state index contributed by atoms with van der Waals surface area (Å²) in [5, 5.41) is 19.2. The minimum Gasteiger partial charge on any atom is -0.356 e. The smallest absolute Gasteiger partial charge is 0.254 e. The van der Waals surface area contributed by atoms with Gasteiger partial charge in [0, 0.05) is 36.5 Å². The first kappa shape index (κ1) is 22.7. The lowest BCUT2D eigenvalue weighted by atomic mass is 10.1. The van der Waals surface area contributed by atoms with Gasteiger partial charge in [-0.2, -0.15) is 5.10 Å². The van der Waals surface area contributed by atoms with E-state index in [4.69, 9.17) is 16.6 Å². The van der Waals surface area contributed by atoms with Gasteiger partial charge in [0.05, 0.1) is 24.0 Å². The molecule has 4 heterocycles. The van der Waals surface area contributed by atoms with Crippen LogP contribution in [0.15, 0.2) is 49.1 Å². The number of hydrogen-bond donors (Lipinski definition) is 1. The molecule has 1 aliphatic heterocycles. The predicted molar refractivity (Wildman–Crippen MR) is 134 cm³/mol. The quantitative estimate of drug-likeness (QED) is 0.413. The number of aromatic nitrogens is 7. The number of carbonyl (C=O) groups excluding carboxylic acids is 1. The molecule has 4 aromatic rings. The molecular weight excluding hydrogens is 478 g/mol. The van der Waals surface area contributed by atoms with Gasteiger partial charge in [0.2, 0.25) is 0 Å². The van der Waals surface area contributed by atoms with Crippen molar-refractivity contribution < 1.29 is 4.79 Å². The molecular formula is C25H26ClN9O. The van der Waals surface area contributed by atoms with Crippen LogP contribution in [0.2, 0.25) is 5.02 Å². The molecule has 10 nitrogen and oxygen atoms in total. The summed E-state index contributed by atoms with van der Waals surface area (Å²) in [5.74, 6) is 3.37. The third-order valence-corrected chi connectivity index (χ3v) is 7.67. The minimum absolute atomic E-state index is 0.226. The molecule has 184 valence electrons. The van der Waals surface area contributed by atoms with E-state index in [9.17, 15) is 4.79 Å². The van der Waals surface area contributed by atoms with E-state index in [0.717, 1.165) is 59.2 Å². The van der Waals surface area contributed by atoms with Crippen molar-refractivity contribution in [1.82, 2.24) is 40.3 Å². The first-order valence-corrected chi connectivity index (χ1v) is 12.4. The van der Waals surface area contributed by atoms with E-state index >= 15 is 0 Å². The first-order chi connectivity index (χ1) is 17.5. The van der Waals surface area contributed by atoms with Crippen LogP contribution in [0.4, 0.5) is 5.82 Å². The van der Waals surface area contributed by atoms with Crippen LogP contribution in [-0.2, 0) is 13.1 Å². The maximum atomic E-state index is 12.8. The fourth-order valence-corrected chi connectivity index (χ4v) is 5.34. The molecule has 3 aromatic heterocycles.